The monoisotopic (exact) mass is 517 g/mol. The molecule has 1 aromatic rings. The lowest BCUT2D eigenvalue weighted by molar-refractivity contribution is -0.136. The molecule has 0 saturated carbocycles. The molecule has 1 unspecified atom stereocenters. The van der Waals surface area contributed by atoms with Gasteiger partial charge in [-0.15, -0.1) is 0 Å². The lowest BCUT2D eigenvalue weighted by Gasteiger charge is -2.48. The predicted octanol–water partition coefficient (Wildman–Crippen LogP) is 0.668. The zero-order valence-corrected chi connectivity index (χ0v) is 20.4. The molecule has 194 valence electrons. The molecule has 11 heteroatoms. The molecule has 1 N–H and O–H groups in total. The van der Waals surface area contributed by atoms with Crippen LogP contribution in [-0.4, -0.2) is 83.3 Å². The van der Waals surface area contributed by atoms with E-state index in [1.165, 1.54) is 12.1 Å². The normalized spacial score (nSPS) is 24.3. The summed E-state index contributed by atoms with van der Waals surface area (Å²) in [6, 6.07) is 1.64. The number of benzene rings is 1. The molecule has 3 saturated heterocycles. The van der Waals surface area contributed by atoms with Gasteiger partial charge in [-0.05, 0) is 56.5 Å². The Morgan fingerprint density at radius 1 is 0.947 bits per heavy atom. The molecular formula is C27H24FN5O5. The minimum Gasteiger partial charge on any atom is -0.366 e. The van der Waals surface area contributed by atoms with Crippen molar-refractivity contribution in [3.05, 3.63) is 41.2 Å². The van der Waals surface area contributed by atoms with Crippen molar-refractivity contribution >= 4 is 40.9 Å². The number of carbonyl (C=O) groups excluding carboxylic acids is 5. The van der Waals surface area contributed by atoms with E-state index in [0.29, 0.717) is 18.8 Å². The number of amides is 5. The first kappa shape index (κ1) is 24.2. The van der Waals surface area contributed by atoms with Crippen LogP contribution < -0.4 is 10.2 Å². The van der Waals surface area contributed by atoms with Gasteiger partial charge in [-0.1, -0.05) is 5.92 Å². The van der Waals surface area contributed by atoms with Gasteiger partial charge in [0, 0.05) is 37.5 Å². The van der Waals surface area contributed by atoms with E-state index in [4.69, 9.17) is 0 Å². The molecule has 38 heavy (non-hydrogen) atoms. The van der Waals surface area contributed by atoms with Crippen molar-refractivity contribution in [1.82, 2.24) is 15.1 Å². The number of fused-ring (bicyclic) bond motifs is 1. The van der Waals surface area contributed by atoms with Crippen LogP contribution >= 0.6 is 0 Å². The first-order valence-corrected chi connectivity index (χ1v) is 12.6. The molecule has 0 radical (unpaired) electrons. The Morgan fingerprint density at radius 3 is 2.32 bits per heavy atom. The largest absolute Gasteiger partial charge is 0.366 e. The third-order valence-corrected chi connectivity index (χ3v) is 7.77. The SMILES string of the molecule is O=C1C=CC(C#CC2CCN(C3CN(c4cc5c(cc4F)C(=O)N(C4CCC(=O)NC4=O)C5=O)C3)CC2)=N1. The highest BCUT2D eigenvalue weighted by Gasteiger charge is 2.46. The minimum absolute atomic E-state index is 0.0239. The van der Waals surface area contributed by atoms with Crippen molar-refractivity contribution in [2.45, 2.75) is 37.8 Å². The Labute approximate surface area is 217 Å². The second kappa shape index (κ2) is 9.29. The second-order valence-corrected chi connectivity index (χ2v) is 10.1. The molecule has 0 spiro atoms. The summed E-state index contributed by atoms with van der Waals surface area (Å²) in [5.74, 6) is 3.03. The molecule has 1 aromatic carbocycles. The number of nitrogens with one attached hydrogen (secondary N) is 1. The lowest BCUT2D eigenvalue weighted by atomic mass is 9.94. The van der Waals surface area contributed by atoms with Crippen LogP contribution in [0.15, 0.2) is 29.3 Å². The van der Waals surface area contributed by atoms with Crippen LogP contribution in [0.1, 0.15) is 46.4 Å². The van der Waals surface area contributed by atoms with Crippen molar-refractivity contribution in [1.29, 1.82) is 0 Å². The highest BCUT2D eigenvalue weighted by Crippen LogP contribution is 2.35. The number of anilines is 1. The second-order valence-electron chi connectivity index (χ2n) is 10.1. The fourth-order valence-corrected chi connectivity index (χ4v) is 5.60. The number of hydrogen-bond donors (Lipinski definition) is 1. The smallest absolute Gasteiger partial charge is 0.270 e. The highest BCUT2D eigenvalue weighted by atomic mass is 19.1. The first-order chi connectivity index (χ1) is 18.3. The average Bonchev–Trinajstić information content (AvgIpc) is 3.38. The first-order valence-electron chi connectivity index (χ1n) is 12.6. The third kappa shape index (κ3) is 4.20. The van der Waals surface area contributed by atoms with E-state index >= 15 is 4.39 Å². The van der Waals surface area contributed by atoms with Gasteiger partial charge in [-0.3, -0.25) is 39.1 Å². The lowest BCUT2D eigenvalue weighted by Crippen LogP contribution is -2.61. The minimum atomic E-state index is -1.09. The molecule has 1 atom stereocenters. The van der Waals surface area contributed by atoms with Gasteiger partial charge in [0.25, 0.3) is 17.7 Å². The van der Waals surface area contributed by atoms with Crippen LogP contribution in [0.25, 0.3) is 0 Å². The van der Waals surface area contributed by atoms with Crippen LogP contribution in [0.4, 0.5) is 10.1 Å². The van der Waals surface area contributed by atoms with Gasteiger partial charge in [0.15, 0.2) is 0 Å². The number of likely N-dealkylation sites (tertiary alicyclic amines) is 1. The van der Waals surface area contributed by atoms with E-state index in [1.807, 2.05) is 4.90 Å². The maximum atomic E-state index is 15.1. The van der Waals surface area contributed by atoms with Gasteiger partial charge in [0.2, 0.25) is 11.8 Å². The molecule has 5 amide bonds. The summed E-state index contributed by atoms with van der Waals surface area (Å²) in [5.41, 5.74) is 0.766. The number of imide groups is 2. The predicted molar refractivity (Wildman–Crippen MR) is 133 cm³/mol. The number of rotatable bonds is 3. The quantitative estimate of drug-likeness (QED) is 0.462. The number of allylic oxidation sites excluding steroid dienone is 1. The maximum absolute atomic E-state index is 15.1. The van der Waals surface area contributed by atoms with Crippen LogP contribution in [0, 0.1) is 23.6 Å². The molecule has 5 aliphatic rings. The van der Waals surface area contributed by atoms with E-state index < -0.39 is 35.5 Å². The number of nitrogens with zero attached hydrogens (tertiary/aromatic N) is 4. The Morgan fingerprint density at radius 2 is 1.66 bits per heavy atom. The number of piperidine rings is 2. The molecule has 6 rings (SSSR count). The zero-order valence-electron chi connectivity index (χ0n) is 20.4. The fourth-order valence-electron chi connectivity index (χ4n) is 5.60. The molecule has 5 heterocycles. The standard InChI is InChI=1S/C27H24FN5O5/c28-20-11-18-19(27(38)33(26(18)37)21-4-6-24(35)30-25(21)36)12-22(20)32-13-17(14-32)31-9-7-15(8-10-31)1-2-16-3-5-23(34)29-16/h3,5,11-12,15,17,21H,4,6-10,13-14H2,(H,30,35,36). The van der Waals surface area contributed by atoms with Gasteiger partial charge in [0.05, 0.1) is 16.8 Å². The Balaban J connectivity index is 1.08. The summed E-state index contributed by atoms with van der Waals surface area (Å²) in [7, 11) is 0. The van der Waals surface area contributed by atoms with Crippen LogP contribution in [-0.2, 0) is 14.4 Å². The van der Waals surface area contributed by atoms with Crippen molar-refractivity contribution in [3.8, 4) is 11.8 Å². The van der Waals surface area contributed by atoms with Gasteiger partial charge in [-0.25, -0.2) is 9.38 Å². The molecule has 0 aromatic heterocycles. The van der Waals surface area contributed by atoms with E-state index in [0.717, 1.165) is 36.9 Å². The van der Waals surface area contributed by atoms with E-state index in [2.05, 4.69) is 27.0 Å². The third-order valence-electron chi connectivity index (χ3n) is 7.77. The Hall–Kier alpha value is -4.17. The summed E-state index contributed by atoms with van der Waals surface area (Å²) in [6.07, 6.45) is 4.90. The average molecular weight is 518 g/mol. The number of aliphatic imine (C=N–C) groups is 1. The molecular weight excluding hydrogens is 493 g/mol. The van der Waals surface area contributed by atoms with Crippen molar-refractivity contribution in [2.24, 2.45) is 10.9 Å². The topological polar surface area (TPSA) is 119 Å². The summed E-state index contributed by atoms with van der Waals surface area (Å²) in [4.78, 5) is 69.7. The molecule has 0 aliphatic carbocycles. The number of hydrogen-bond acceptors (Lipinski definition) is 7. The van der Waals surface area contributed by atoms with E-state index in [-0.39, 0.29) is 47.5 Å². The fraction of sp³-hybridized carbons (Fsp3) is 0.407. The zero-order chi connectivity index (χ0) is 26.6. The Kier molecular flexibility index (Phi) is 5.91. The van der Waals surface area contributed by atoms with E-state index in [1.54, 1.807) is 6.08 Å². The van der Waals surface area contributed by atoms with E-state index in [9.17, 15) is 24.0 Å². The molecule has 0 bridgehead atoms. The van der Waals surface area contributed by atoms with Crippen molar-refractivity contribution in [2.75, 3.05) is 31.1 Å². The Bertz CT molecular complexity index is 1410. The van der Waals surface area contributed by atoms with Crippen molar-refractivity contribution < 1.29 is 28.4 Å². The summed E-state index contributed by atoms with van der Waals surface area (Å²) >= 11 is 0. The van der Waals surface area contributed by atoms with Gasteiger partial charge in [0.1, 0.15) is 17.6 Å². The number of halogens is 1. The van der Waals surface area contributed by atoms with Crippen LogP contribution in [0.3, 0.4) is 0 Å². The van der Waals surface area contributed by atoms with Crippen LogP contribution in [0.5, 0.6) is 0 Å². The van der Waals surface area contributed by atoms with Gasteiger partial charge in [-0.2, -0.15) is 0 Å². The van der Waals surface area contributed by atoms with Crippen molar-refractivity contribution in [3.63, 3.8) is 0 Å². The van der Waals surface area contributed by atoms with Crippen LogP contribution in [0.2, 0.25) is 0 Å². The maximum Gasteiger partial charge on any atom is 0.270 e. The molecule has 10 nitrogen and oxygen atoms in total. The number of carbonyl (C=O) groups is 5. The molecule has 3 fully saturated rings. The summed E-state index contributed by atoms with van der Waals surface area (Å²) < 4.78 is 15.1. The molecule has 5 aliphatic heterocycles. The summed E-state index contributed by atoms with van der Waals surface area (Å²) in [6.45, 7) is 2.91. The summed E-state index contributed by atoms with van der Waals surface area (Å²) in [5, 5.41) is 2.15. The van der Waals surface area contributed by atoms with Gasteiger partial charge < -0.3 is 4.90 Å². The van der Waals surface area contributed by atoms with Gasteiger partial charge >= 0.3 is 0 Å². The highest BCUT2D eigenvalue weighted by molar-refractivity contribution is 6.24.